The molecule has 1 aromatic heterocycles. The predicted molar refractivity (Wildman–Crippen MR) is 109 cm³/mol. The lowest BCUT2D eigenvalue weighted by atomic mass is 10.1. The number of pyridine rings is 1. The van der Waals surface area contributed by atoms with Crippen LogP contribution >= 0.6 is 24.0 Å². The highest BCUT2D eigenvalue weighted by atomic mass is 127. The van der Waals surface area contributed by atoms with Gasteiger partial charge in [-0.2, -0.15) is 0 Å². The second-order valence-electron chi connectivity index (χ2n) is 5.23. The van der Waals surface area contributed by atoms with Gasteiger partial charge in [0, 0.05) is 45.6 Å². The van der Waals surface area contributed by atoms with Crippen LogP contribution in [0.25, 0.3) is 0 Å². The molecule has 0 bridgehead atoms. The van der Waals surface area contributed by atoms with Crippen LogP contribution in [-0.4, -0.2) is 38.2 Å². The van der Waals surface area contributed by atoms with Crippen LogP contribution in [0.2, 0.25) is 0 Å². The Morgan fingerprint density at radius 1 is 1.20 bits per heavy atom. The summed E-state index contributed by atoms with van der Waals surface area (Å²) < 4.78 is 18.5. The fraction of sp³-hybridized carbons (Fsp3) is 0.333. The normalized spacial score (nSPS) is 12.2. The summed E-state index contributed by atoms with van der Waals surface area (Å²) in [5.41, 5.74) is 1.94. The first kappa shape index (κ1) is 21.3. The molecule has 0 radical (unpaired) electrons. The van der Waals surface area contributed by atoms with Gasteiger partial charge in [-0.1, -0.05) is 18.2 Å². The SMILES string of the molecule is CN=C(NCCc1ccccn1)NCC(OC)c1ccc(F)cc1.I. The number of halogens is 2. The first-order valence-corrected chi connectivity index (χ1v) is 7.85. The van der Waals surface area contributed by atoms with E-state index in [1.165, 1.54) is 12.1 Å². The van der Waals surface area contributed by atoms with E-state index in [2.05, 4.69) is 20.6 Å². The summed E-state index contributed by atoms with van der Waals surface area (Å²) in [6.45, 7) is 1.26. The predicted octanol–water partition coefficient (Wildman–Crippen LogP) is 2.93. The maximum Gasteiger partial charge on any atom is 0.191 e. The van der Waals surface area contributed by atoms with E-state index in [0.717, 1.165) is 24.2 Å². The van der Waals surface area contributed by atoms with Gasteiger partial charge in [0.15, 0.2) is 5.96 Å². The Kier molecular flexibility index (Phi) is 10.0. The molecule has 0 amide bonds. The second-order valence-corrected chi connectivity index (χ2v) is 5.23. The standard InChI is InChI=1S/C18H23FN4O.HI/c1-20-18(22-12-10-16-5-3-4-11-21-16)23-13-17(24-2)14-6-8-15(19)9-7-14;/h3-9,11,17H,10,12-13H2,1-2H3,(H2,20,22,23);1H. The smallest absolute Gasteiger partial charge is 0.191 e. The lowest BCUT2D eigenvalue weighted by Gasteiger charge is -2.18. The molecule has 0 aliphatic heterocycles. The van der Waals surface area contributed by atoms with Crippen molar-refractivity contribution < 1.29 is 9.13 Å². The number of aliphatic imine (C=N–C) groups is 1. The molecule has 136 valence electrons. The molecule has 1 heterocycles. The van der Waals surface area contributed by atoms with Crippen molar-refractivity contribution in [1.82, 2.24) is 15.6 Å². The van der Waals surface area contributed by atoms with Gasteiger partial charge in [0.1, 0.15) is 5.82 Å². The number of guanidine groups is 1. The summed E-state index contributed by atoms with van der Waals surface area (Å²) in [5, 5.41) is 6.46. The van der Waals surface area contributed by atoms with Gasteiger partial charge >= 0.3 is 0 Å². The number of nitrogens with one attached hydrogen (secondary N) is 2. The van der Waals surface area contributed by atoms with Crippen molar-refractivity contribution in [3.63, 3.8) is 0 Å². The fourth-order valence-corrected chi connectivity index (χ4v) is 2.28. The van der Waals surface area contributed by atoms with Gasteiger partial charge in [-0.15, -0.1) is 24.0 Å². The molecule has 1 unspecified atom stereocenters. The quantitative estimate of drug-likeness (QED) is 0.381. The lowest BCUT2D eigenvalue weighted by molar-refractivity contribution is 0.106. The summed E-state index contributed by atoms with van der Waals surface area (Å²) in [7, 11) is 3.35. The average Bonchev–Trinajstić information content (AvgIpc) is 2.63. The molecule has 2 aromatic rings. The number of hydrogen-bond donors (Lipinski definition) is 2. The Labute approximate surface area is 165 Å². The monoisotopic (exact) mass is 458 g/mol. The third-order valence-corrected chi connectivity index (χ3v) is 3.60. The maximum atomic E-state index is 13.0. The van der Waals surface area contributed by atoms with E-state index >= 15 is 0 Å². The summed E-state index contributed by atoms with van der Waals surface area (Å²) in [6.07, 6.45) is 2.42. The highest BCUT2D eigenvalue weighted by molar-refractivity contribution is 14.0. The topological polar surface area (TPSA) is 58.5 Å². The molecule has 0 aliphatic carbocycles. The van der Waals surface area contributed by atoms with Gasteiger partial charge in [-0.3, -0.25) is 9.98 Å². The summed E-state index contributed by atoms with van der Waals surface area (Å²) >= 11 is 0. The van der Waals surface area contributed by atoms with E-state index < -0.39 is 0 Å². The molecule has 0 saturated heterocycles. The third-order valence-electron chi connectivity index (χ3n) is 3.60. The number of aromatic nitrogens is 1. The minimum Gasteiger partial charge on any atom is -0.375 e. The van der Waals surface area contributed by atoms with Crippen molar-refractivity contribution in [1.29, 1.82) is 0 Å². The molecule has 25 heavy (non-hydrogen) atoms. The zero-order chi connectivity index (χ0) is 17.2. The Morgan fingerprint density at radius 3 is 2.56 bits per heavy atom. The molecule has 0 fully saturated rings. The zero-order valence-corrected chi connectivity index (χ0v) is 16.7. The van der Waals surface area contributed by atoms with Crippen LogP contribution in [0.5, 0.6) is 0 Å². The number of rotatable bonds is 7. The van der Waals surface area contributed by atoms with Crippen LogP contribution in [0, 0.1) is 5.82 Å². The van der Waals surface area contributed by atoms with E-state index in [-0.39, 0.29) is 35.9 Å². The van der Waals surface area contributed by atoms with Crippen molar-refractivity contribution >= 4 is 29.9 Å². The number of hydrogen-bond acceptors (Lipinski definition) is 3. The van der Waals surface area contributed by atoms with Crippen molar-refractivity contribution in [3.8, 4) is 0 Å². The number of ether oxygens (including phenoxy) is 1. The molecule has 2 rings (SSSR count). The minimum absolute atomic E-state index is 0. The van der Waals surface area contributed by atoms with Crippen LogP contribution in [0.15, 0.2) is 53.7 Å². The first-order valence-electron chi connectivity index (χ1n) is 7.85. The van der Waals surface area contributed by atoms with E-state index in [1.54, 1.807) is 32.5 Å². The van der Waals surface area contributed by atoms with Gasteiger partial charge in [-0.25, -0.2) is 4.39 Å². The average molecular weight is 458 g/mol. The van der Waals surface area contributed by atoms with Crippen LogP contribution in [0.3, 0.4) is 0 Å². The van der Waals surface area contributed by atoms with Gasteiger partial charge in [-0.05, 0) is 29.8 Å². The summed E-state index contributed by atoms with van der Waals surface area (Å²) in [5.74, 6) is 0.434. The zero-order valence-electron chi connectivity index (χ0n) is 14.4. The largest absolute Gasteiger partial charge is 0.375 e. The van der Waals surface area contributed by atoms with Crippen molar-refractivity contribution in [3.05, 3.63) is 65.7 Å². The molecule has 7 heteroatoms. The van der Waals surface area contributed by atoms with Crippen LogP contribution in [0.4, 0.5) is 4.39 Å². The van der Waals surface area contributed by atoms with E-state index in [1.807, 2.05) is 18.2 Å². The van der Waals surface area contributed by atoms with E-state index in [4.69, 9.17) is 4.74 Å². The molecular weight excluding hydrogens is 434 g/mol. The van der Waals surface area contributed by atoms with Gasteiger partial charge in [0.05, 0.1) is 6.10 Å². The molecule has 1 atom stereocenters. The molecule has 2 N–H and O–H groups in total. The van der Waals surface area contributed by atoms with E-state index in [9.17, 15) is 4.39 Å². The van der Waals surface area contributed by atoms with Gasteiger partial charge in [0.2, 0.25) is 0 Å². The van der Waals surface area contributed by atoms with Crippen molar-refractivity contribution in [2.24, 2.45) is 4.99 Å². The molecule has 0 spiro atoms. The molecule has 1 aromatic carbocycles. The molecule has 0 saturated carbocycles. The maximum absolute atomic E-state index is 13.0. The Bertz CT molecular complexity index is 637. The Hall–Kier alpha value is -1.74. The first-order chi connectivity index (χ1) is 11.7. The van der Waals surface area contributed by atoms with Crippen LogP contribution < -0.4 is 10.6 Å². The number of nitrogens with zero attached hydrogens (tertiary/aromatic N) is 2. The minimum atomic E-state index is -0.256. The summed E-state index contributed by atoms with van der Waals surface area (Å²) in [6, 6.07) is 12.2. The highest BCUT2D eigenvalue weighted by Gasteiger charge is 2.11. The fourth-order valence-electron chi connectivity index (χ4n) is 2.28. The summed E-state index contributed by atoms with van der Waals surface area (Å²) in [4.78, 5) is 8.48. The molecule has 5 nitrogen and oxygen atoms in total. The van der Waals surface area contributed by atoms with Crippen molar-refractivity contribution in [2.75, 3.05) is 27.2 Å². The number of methoxy groups -OCH3 is 1. The highest BCUT2D eigenvalue weighted by Crippen LogP contribution is 2.15. The van der Waals surface area contributed by atoms with Crippen molar-refractivity contribution in [2.45, 2.75) is 12.5 Å². The Morgan fingerprint density at radius 2 is 1.96 bits per heavy atom. The van der Waals surface area contributed by atoms with E-state index in [0.29, 0.717) is 12.5 Å². The second kappa shape index (κ2) is 11.8. The number of benzene rings is 1. The van der Waals surface area contributed by atoms with Gasteiger partial charge < -0.3 is 15.4 Å². The molecule has 0 aliphatic rings. The lowest BCUT2D eigenvalue weighted by Crippen LogP contribution is -2.40. The third kappa shape index (κ3) is 7.35. The Balaban J connectivity index is 0.00000312. The molecular formula is C18H24FIN4O. The van der Waals surface area contributed by atoms with Crippen LogP contribution in [-0.2, 0) is 11.2 Å². The van der Waals surface area contributed by atoms with Gasteiger partial charge in [0.25, 0.3) is 0 Å². The van der Waals surface area contributed by atoms with Crippen LogP contribution in [0.1, 0.15) is 17.4 Å².